The molecule has 0 unspecified atom stereocenters. The summed E-state index contributed by atoms with van der Waals surface area (Å²) in [5, 5.41) is 3.38. The van der Waals surface area contributed by atoms with Crippen LogP contribution in [0.4, 0.5) is 0 Å². The Balaban J connectivity index is 3.46. The molecule has 0 aromatic heterocycles. The lowest BCUT2D eigenvalue weighted by atomic mass is 10.3. The van der Waals surface area contributed by atoms with E-state index in [1.165, 1.54) is 6.42 Å². The van der Waals surface area contributed by atoms with E-state index in [0.29, 0.717) is 13.2 Å². The van der Waals surface area contributed by atoms with E-state index in [0.717, 1.165) is 32.7 Å². The predicted octanol–water partition coefficient (Wildman–Crippen LogP) is 1.71. The van der Waals surface area contributed by atoms with Crippen molar-refractivity contribution >= 4 is 0 Å². The molecule has 0 aromatic carbocycles. The lowest BCUT2D eigenvalue weighted by molar-refractivity contribution is -0.132. The van der Waals surface area contributed by atoms with E-state index in [1.54, 1.807) is 0 Å². The summed E-state index contributed by atoms with van der Waals surface area (Å²) in [7, 11) is 0. The molecule has 17 heavy (non-hydrogen) atoms. The number of nitrogens with zero attached hydrogens (tertiary/aromatic N) is 1. The molecule has 4 nitrogen and oxygen atoms in total. The molecule has 0 atom stereocenters. The van der Waals surface area contributed by atoms with Gasteiger partial charge in [-0.3, -0.25) is 0 Å². The third-order valence-electron chi connectivity index (χ3n) is 2.74. The van der Waals surface area contributed by atoms with E-state index >= 15 is 0 Å². The summed E-state index contributed by atoms with van der Waals surface area (Å²) in [5.41, 5.74) is 0. The highest BCUT2D eigenvalue weighted by molar-refractivity contribution is 4.56. The Morgan fingerprint density at radius 3 is 2.06 bits per heavy atom. The molecule has 0 aliphatic rings. The Kier molecular flexibility index (Phi) is 12.2. The van der Waals surface area contributed by atoms with Gasteiger partial charge >= 0.3 is 0 Å². The van der Waals surface area contributed by atoms with Gasteiger partial charge in [-0.2, -0.15) is 0 Å². The molecule has 104 valence electrons. The number of hydrogen-bond donors (Lipinski definition) is 1. The third kappa shape index (κ3) is 9.53. The highest BCUT2D eigenvalue weighted by Crippen LogP contribution is 1.94. The Bertz CT molecular complexity index is 146. The molecule has 1 N–H and O–H groups in total. The van der Waals surface area contributed by atoms with Crippen LogP contribution in [0.15, 0.2) is 0 Å². The zero-order chi connectivity index (χ0) is 12.9. The minimum Gasteiger partial charge on any atom is -0.352 e. The van der Waals surface area contributed by atoms with E-state index in [2.05, 4.69) is 24.1 Å². The number of ether oxygens (including phenoxy) is 2. The largest absolute Gasteiger partial charge is 0.352 e. The smallest absolute Gasteiger partial charge is 0.169 e. The molecule has 0 heterocycles. The van der Waals surface area contributed by atoms with Crippen LogP contribution < -0.4 is 5.32 Å². The Morgan fingerprint density at radius 1 is 1.00 bits per heavy atom. The van der Waals surface area contributed by atoms with Crippen molar-refractivity contribution in [1.82, 2.24) is 10.2 Å². The van der Waals surface area contributed by atoms with E-state index in [-0.39, 0.29) is 6.29 Å². The van der Waals surface area contributed by atoms with Crippen molar-refractivity contribution in [3.63, 3.8) is 0 Å². The van der Waals surface area contributed by atoms with Gasteiger partial charge in [-0.1, -0.05) is 13.8 Å². The summed E-state index contributed by atoms with van der Waals surface area (Å²) < 4.78 is 10.9. The summed E-state index contributed by atoms with van der Waals surface area (Å²) in [6, 6.07) is 0. The van der Waals surface area contributed by atoms with Gasteiger partial charge in [0.05, 0.1) is 0 Å². The molecule has 0 fully saturated rings. The van der Waals surface area contributed by atoms with Crippen LogP contribution in [0.1, 0.15) is 34.1 Å². The first-order chi connectivity index (χ1) is 8.28. The van der Waals surface area contributed by atoms with Crippen LogP contribution in [0.5, 0.6) is 0 Å². The Morgan fingerprint density at radius 2 is 1.59 bits per heavy atom. The summed E-state index contributed by atoms with van der Waals surface area (Å²) in [5.74, 6) is 0. The van der Waals surface area contributed by atoms with Gasteiger partial charge in [-0.05, 0) is 46.4 Å². The van der Waals surface area contributed by atoms with Crippen LogP contribution in [-0.4, -0.2) is 57.1 Å². The Hall–Kier alpha value is -0.160. The highest BCUT2D eigenvalue weighted by Gasteiger charge is 2.06. The second-order valence-electron chi connectivity index (χ2n) is 3.92. The second-order valence-corrected chi connectivity index (χ2v) is 3.92. The first-order valence-corrected chi connectivity index (χ1v) is 6.94. The van der Waals surface area contributed by atoms with Crippen LogP contribution in [0.3, 0.4) is 0 Å². The van der Waals surface area contributed by atoms with Crippen molar-refractivity contribution in [2.24, 2.45) is 0 Å². The lowest BCUT2D eigenvalue weighted by Gasteiger charge is -2.19. The van der Waals surface area contributed by atoms with E-state index in [1.807, 2.05) is 13.8 Å². The average molecular weight is 246 g/mol. The summed E-state index contributed by atoms with van der Waals surface area (Å²) in [6.45, 7) is 15.0. The molecule has 0 rings (SSSR count). The maximum absolute atomic E-state index is 5.46. The number of hydrogen-bond acceptors (Lipinski definition) is 4. The maximum atomic E-state index is 5.46. The zero-order valence-electron chi connectivity index (χ0n) is 12.0. The topological polar surface area (TPSA) is 33.7 Å². The highest BCUT2D eigenvalue weighted by atomic mass is 16.7. The molecule has 0 aliphatic carbocycles. The summed E-state index contributed by atoms with van der Waals surface area (Å²) in [4.78, 5) is 2.43. The third-order valence-corrected chi connectivity index (χ3v) is 2.74. The van der Waals surface area contributed by atoms with Gasteiger partial charge in [0.1, 0.15) is 0 Å². The quantitative estimate of drug-likeness (QED) is 0.420. The first kappa shape index (κ1) is 16.8. The molecule has 0 saturated heterocycles. The van der Waals surface area contributed by atoms with E-state index in [4.69, 9.17) is 9.47 Å². The van der Waals surface area contributed by atoms with Crippen LogP contribution in [-0.2, 0) is 9.47 Å². The molecule has 0 spiro atoms. The fourth-order valence-corrected chi connectivity index (χ4v) is 1.73. The van der Waals surface area contributed by atoms with Crippen molar-refractivity contribution in [2.75, 3.05) is 45.9 Å². The number of rotatable bonds is 12. The second kappa shape index (κ2) is 12.3. The number of nitrogens with one attached hydrogen (secondary N) is 1. The molecular formula is C13H30N2O2. The molecule has 0 bridgehead atoms. The zero-order valence-corrected chi connectivity index (χ0v) is 12.0. The predicted molar refractivity (Wildman–Crippen MR) is 72.3 cm³/mol. The standard InChI is InChI=1S/C13H30N2O2/c1-5-15(6-2)11-9-10-14-12-13(16-7-3)17-8-4/h13-14H,5-12H2,1-4H3. The van der Waals surface area contributed by atoms with Gasteiger partial charge in [0.25, 0.3) is 0 Å². The van der Waals surface area contributed by atoms with E-state index in [9.17, 15) is 0 Å². The maximum Gasteiger partial charge on any atom is 0.169 e. The van der Waals surface area contributed by atoms with Gasteiger partial charge in [0.15, 0.2) is 6.29 Å². The first-order valence-electron chi connectivity index (χ1n) is 6.94. The van der Waals surface area contributed by atoms with Gasteiger partial charge in [0.2, 0.25) is 0 Å². The van der Waals surface area contributed by atoms with Gasteiger partial charge in [-0.15, -0.1) is 0 Å². The van der Waals surface area contributed by atoms with Gasteiger partial charge in [0, 0.05) is 19.8 Å². The average Bonchev–Trinajstić information content (AvgIpc) is 2.34. The van der Waals surface area contributed by atoms with Crippen molar-refractivity contribution in [3.8, 4) is 0 Å². The lowest BCUT2D eigenvalue weighted by Crippen LogP contribution is -2.33. The fourth-order valence-electron chi connectivity index (χ4n) is 1.73. The molecule has 0 radical (unpaired) electrons. The SMILES string of the molecule is CCOC(CNCCCN(CC)CC)OCC. The van der Waals surface area contributed by atoms with Gasteiger partial charge in [-0.25, -0.2) is 0 Å². The molecule has 0 amide bonds. The normalized spacial score (nSPS) is 11.6. The van der Waals surface area contributed by atoms with Crippen molar-refractivity contribution < 1.29 is 9.47 Å². The van der Waals surface area contributed by atoms with Crippen LogP contribution in [0, 0.1) is 0 Å². The van der Waals surface area contributed by atoms with Crippen LogP contribution >= 0.6 is 0 Å². The molecule has 4 heteroatoms. The van der Waals surface area contributed by atoms with E-state index < -0.39 is 0 Å². The monoisotopic (exact) mass is 246 g/mol. The minimum absolute atomic E-state index is 0.0987. The van der Waals surface area contributed by atoms with Crippen LogP contribution in [0.25, 0.3) is 0 Å². The van der Waals surface area contributed by atoms with Crippen LogP contribution in [0.2, 0.25) is 0 Å². The Labute approximate surface area is 107 Å². The van der Waals surface area contributed by atoms with Crippen molar-refractivity contribution in [2.45, 2.75) is 40.4 Å². The molecule has 0 aromatic rings. The summed E-state index contributed by atoms with van der Waals surface area (Å²) in [6.07, 6.45) is 1.07. The minimum atomic E-state index is -0.0987. The fraction of sp³-hybridized carbons (Fsp3) is 1.00. The van der Waals surface area contributed by atoms with Gasteiger partial charge < -0.3 is 19.7 Å². The molecular weight excluding hydrogens is 216 g/mol. The molecule has 0 aliphatic heterocycles. The molecule has 0 saturated carbocycles. The summed E-state index contributed by atoms with van der Waals surface area (Å²) >= 11 is 0. The van der Waals surface area contributed by atoms with Crippen molar-refractivity contribution in [3.05, 3.63) is 0 Å². The van der Waals surface area contributed by atoms with Crippen molar-refractivity contribution in [1.29, 1.82) is 0 Å².